The van der Waals surface area contributed by atoms with E-state index in [1.54, 1.807) is 17.2 Å². The minimum Gasteiger partial charge on any atom is -0.507 e. The summed E-state index contributed by atoms with van der Waals surface area (Å²) >= 11 is 5.85. The number of rotatable bonds is 3. The lowest BCUT2D eigenvalue weighted by atomic mass is 10.0. The molecule has 29 heavy (non-hydrogen) atoms. The number of piperidine rings is 1. The number of phenolic OH excluding ortho intramolecular Hbond substituents is 1. The maximum Gasteiger partial charge on any atom is 0.269 e. The molecule has 2 atom stereocenters. The highest BCUT2D eigenvalue weighted by atomic mass is 35.5. The van der Waals surface area contributed by atoms with Crippen LogP contribution in [0.4, 0.5) is 5.69 Å². The van der Waals surface area contributed by atoms with Crippen molar-refractivity contribution in [1.82, 2.24) is 14.7 Å². The van der Waals surface area contributed by atoms with E-state index in [1.807, 2.05) is 4.90 Å². The number of carbonyl (C=O) groups excluding carboxylic acids is 1. The zero-order valence-electron chi connectivity index (χ0n) is 15.9. The SMILES string of the molecule is O=C(c1ccc(Cl)cc1O)N1CCC[C@H](n2ncc(N3CC[C@H](O)C3)cc2=O)C1. The molecule has 4 rings (SSSR count). The number of β-amino-alcohol motifs (C(OH)–C–C–N with tert-alkyl or cyclic N) is 1. The van der Waals surface area contributed by atoms with Gasteiger partial charge in [0.05, 0.1) is 29.6 Å². The van der Waals surface area contributed by atoms with Crippen LogP contribution in [-0.2, 0) is 0 Å². The Morgan fingerprint density at radius 2 is 2.00 bits per heavy atom. The first-order valence-corrected chi connectivity index (χ1v) is 10.1. The molecule has 154 valence electrons. The molecule has 2 aliphatic heterocycles. The molecule has 2 fully saturated rings. The highest BCUT2D eigenvalue weighted by molar-refractivity contribution is 6.30. The Kier molecular flexibility index (Phi) is 5.47. The molecule has 0 aliphatic carbocycles. The van der Waals surface area contributed by atoms with E-state index in [1.165, 1.54) is 22.9 Å². The van der Waals surface area contributed by atoms with Crippen LogP contribution in [0.25, 0.3) is 0 Å². The molecule has 0 saturated carbocycles. The lowest BCUT2D eigenvalue weighted by molar-refractivity contribution is 0.0667. The Morgan fingerprint density at radius 1 is 1.17 bits per heavy atom. The third-order valence-corrected chi connectivity index (χ3v) is 5.79. The Hall–Kier alpha value is -2.58. The van der Waals surface area contributed by atoms with Crippen molar-refractivity contribution in [3.05, 3.63) is 51.4 Å². The van der Waals surface area contributed by atoms with Gasteiger partial charge in [0, 0.05) is 37.3 Å². The van der Waals surface area contributed by atoms with Gasteiger partial charge in [-0.05, 0) is 37.5 Å². The second kappa shape index (κ2) is 8.04. The molecule has 2 aliphatic rings. The molecule has 1 aromatic heterocycles. The predicted molar refractivity (Wildman–Crippen MR) is 109 cm³/mol. The molecule has 3 heterocycles. The summed E-state index contributed by atoms with van der Waals surface area (Å²) in [6, 6.07) is 5.73. The summed E-state index contributed by atoms with van der Waals surface area (Å²) in [5.74, 6) is -0.448. The van der Waals surface area contributed by atoms with Crippen LogP contribution in [0.3, 0.4) is 0 Å². The molecule has 1 aromatic carbocycles. The maximum atomic E-state index is 12.8. The summed E-state index contributed by atoms with van der Waals surface area (Å²) < 4.78 is 1.43. The Balaban J connectivity index is 1.51. The zero-order valence-corrected chi connectivity index (χ0v) is 16.6. The summed E-state index contributed by atoms with van der Waals surface area (Å²) in [5, 5.41) is 24.4. The standard InChI is InChI=1S/C20H23ClN4O4/c21-13-3-4-17(18(27)8-13)20(29)24-6-1-2-14(11-24)25-19(28)9-15(10-22-25)23-7-5-16(26)12-23/h3-4,8-10,14,16,26-27H,1-2,5-7,11-12H2/t14-,16-/m0/s1. The molecular weight excluding hydrogens is 396 g/mol. The molecule has 1 amide bonds. The van der Waals surface area contributed by atoms with Gasteiger partial charge < -0.3 is 20.0 Å². The van der Waals surface area contributed by atoms with E-state index in [4.69, 9.17) is 11.6 Å². The van der Waals surface area contributed by atoms with E-state index in [0.717, 1.165) is 12.8 Å². The van der Waals surface area contributed by atoms with Crippen LogP contribution >= 0.6 is 11.6 Å². The van der Waals surface area contributed by atoms with Crippen molar-refractivity contribution in [2.45, 2.75) is 31.4 Å². The van der Waals surface area contributed by atoms with Gasteiger partial charge in [0.2, 0.25) is 0 Å². The largest absolute Gasteiger partial charge is 0.507 e. The van der Waals surface area contributed by atoms with Gasteiger partial charge in [0.1, 0.15) is 5.75 Å². The lowest BCUT2D eigenvalue weighted by Gasteiger charge is -2.33. The van der Waals surface area contributed by atoms with Gasteiger partial charge in [0.15, 0.2) is 0 Å². The Bertz CT molecular complexity index is 979. The monoisotopic (exact) mass is 418 g/mol. The second-order valence-corrected chi connectivity index (χ2v) is 8.03. The zero-order chi connectivity index (χ0) is 20.5. The van der Waals surface area contributed by atoms with Crippen LogP contribution in [0.5, 0.6) is 5.75 Å². The van der Waals surface area contributed by atoms with Gasteiger partial charge in [-0.15, -0.1) is 0 Å². The fourth-order valence-corrected chi connectivity index (χ4v) is 4.19. The quantitative estimate of drug-likeness (QED) is 0.786. The number of nitrogens with zero attached hydrogens (tertiary/aromatic N) is 4. The average molecular weight is 419 g/mol. The second-order valence-electron chi connectivity index (χ2n) is 7.59. The van der Waals surface area contributed by atoms with E-state index in [0.29, 0.717) is 43.3 Å². The van der Waals surface area contributed by atoms with Crippen molar-refractivity contribution in [3.8, 4) is 5.75 Å². The van der Waals surface area contributed by atoms with Crippen LogP contribution in [0.2, 0.25) is 5.02 Å². The number of aliphatic hydroxyl groups is 1. The van der Waals surface area contributed by atoms with Crippen molar-refractivity contribution >= 4 is 23.2 Å². The average Bonchev–Trinajstić information content (AvgIpc) is 3.14. The first kappa shape index (κ1) is 19.7. The molecule has 0 radical (unpaired) electrons. The van der Waals surface area contributed by atoms with Crippen molar-refractivity contribution < 1.29 is 15.0 Å². The molecule has 2 saturated heterocycles. The third-order valence-electron chi connectivity index (χ3n) is 5.56. The van der Waals surface area contributed by atoms with Crippen LogP contribution in [0.1, 0.15) is 35.7 Å². The molecular formula is C20H23ClN4O4. The lowest BCUT2D eigenvalue weighted by Crippen LogP contribution is -2.43. The number of hydrogen-bond acceptors (Lipinski definition) is 6. The number of phenols is 1. The van der Waals surface area contributed by atoms with Crippen molar-refractivity contribution in [3.63, 3.8) is 0 Å². The third kappa shape index (κ3) is 4.09. The van der Waals surface area contributed by atoms with Crippen LogP contribution in [0.15, 0.2) is 35.3 Å². The number of aromatic nitrogens is 2. The minimum absolute atomic E-state index is 0.155. The van der Waals surface area contributed by atoms with Crippen LogP contribution in [-0.4, -0.2) is 63.1 Å². The molecule has 0 bridgehead atoms. The van der Waals surface area contributed by atoms with Crippen LogP contribution < -0.4 is 10.5 Å². The van der Waals surface area contributed by atoms with Gasteiger partial charge in [-0.2, -0.15) is 5.10 Å². The van der Waals surface area contributed by atoms with Gasteiger partial charge in [-0.1, -0.05) is 11.6 Å². The molecule has 2 N–H and O–H groups in total. The fraction of sp³-hybridized carbons (Fsp3) is 0.450. The number of halogens is 1. The number of anilines is 1. The normalized spacial score (nSPS) is 22.1. The minimum atomic E-state index is -0.375. The van der Waals surface area contributed by atoms with Gasteiger partial charge in [-0.3, -0.25) is 9.59 Å². The first-order valence-electron chi connectivity index (χ1n) is 9.72. The molecule has 0 unspecified atom stereocenters. The number of benzene rings is 1. The van der Waals surface area contributed by atoms with E-state index in [2.05, 4.69) is 5.10 Å². The number of likely N-dealkylation sites (tertiary alicyclic amines) is 1. The van der Waals surface area contributed by atoms with Gasteiger partial charge in [0.25, 0.3) is 11.5 Å². The highest BCUT2D eigenvalue weighted by Gasteiger charge is 2.28. The molecule has 0 spiro atoms. The summed E-state index contributed by atoms with van der Waals surface area (Å²) in [7, 11) is 0. The van der Waals surface area contributed by atoms with Gasteiger partial charge in [-0.25, -0.2) is 4.68 Å². The molecule has 8 nitrogen and oxygen atoms in total. The number of carbonyl (C=O) groups is 1. The predicted octanol–water partition coefficient (Wildman–Crippen LogP) is 1.65. The summed E-state index contributed by atoms with van der Waals surface area (Å²) in [6.45, 7) is 2.09. The van der Waals surface area contributed by atoms with Crippen molar-refractivity contribution in [1.29, 1.82) is 0 Å². The first-order chi connectivity index (χ1) is 13.9. The Labute approximate surface area is 172 Å². The van der Waals surface area contributed by atoms with E-state index in [9.17, 15) is 19.8 Å². The van der Waals surface area contributed by atoms with Crippen molar-refractivity contribution in [2.75, 3.05) is 31.1 Å². The molecule has 2 aromatic rings. The number of amides is 1. The molecule has 9 heteroatoms. The smallest absolute Gasteiger partial charge is 0.269 e. The summed E-state index contributed by atoms with van der Waals surface area (Å²) in [6.07, 6.45) is 3.43. The number of aliphatic hydroxyl groups excluding tert-OH is 1. The van der Waals surface area contributed by atoms with Gasteiger partial charge >= 0.3 is 0 Å². The number of aromatic hydroxyl groups is 1. The maximum absolute atomic E-state index is 12.8. The Morgan fingerprint density at radius 3 is 2.69 bits per heavy atom. The highest BCUT2D eigenvalue weighted by Crippen LogP contribution is 2.27. The topological polar surface area (TPSA) is 98.9 Å². The number of hydrogen-bond donors (Lipinski definition) is 2. The van der Waals surface area contributed by atoms with E-state index < -0.39 is 0 Å². The van der Waals surface area contributed by atoms with E-state index in [-0.39, 0.29) is 34.9 Å². The van der Waals surface area contributed by atoms with Crippen LogP contribution in [0, 0.1) is 0 Å². The summed E-state index contributed by atoms with van der Waals surface area (Å²) in [5.41, 5.74) is 0.674. The van der Waals surface area contributed by atoms with E-state index >= 15 is 0 Å². The summed E-state index contributed by atoms with van der Waals surface area (Å²) in [4.78, 5) is 29.1. The van der Waals surface area contributed by atoms with Crippen molar-refractivity contribution in [2.24, 2.45) is 0 Å². The fourth-order valence-electron chi connectivity index (χ4n) is 4.03.